The molecule has 2 aliphatic carbocycles. The van der Waals surface area contributed by atoms with Crippen molar-refractivity contribution in [2.75, 3.05) is 13.6 Å². The van der Waals surface area contributed by atoms with Gasteiger partial charge in [-0.2, -0.15) is 0 Å². The molecular formula is C12H21N. The van der Waals surface area contributed by atoms with Crippen LogP contribution in [0.2, 0.25) is 0 Å². The summed E-state index contributed by atoms with van der Waals surface area (Å²) < 4.78 is 0. The minimum absolute atomic E-state index is 0.800. The summed E-state index contributed by atoms with van der Waals surface area (Å²) in [6, 6.07) is 0.876. The Bertz CT molecular complexity index is 235. The normalized spacial score (nSPS) is 54.0. The van der Waals surface area contributed by atoms with Crippen molar-refractivity contribution in [3.05, 3.63) is 0 Å². The van der Waals surface area contributed by atoms with Gasteiger partial charge in [0.25, 0.3) is 0 Å². The third kappa shape index (κ3) is 0.971. The summed E-state index contributed by atoms with van der Waals surface area (Å²) in [4.78, 5) is 2.62. The van der Waals surface area contributed by atoms with Gasteiger partial charge >= 0.3 is 0 Å². The quantitative estimate of drug-likeness (QED) is 0.597. The van der Waals surface area contributed by atoms with Crippen molar-refractivity contribution >= 4 is 0 Å². The summed E-state index contributed by atoms with van der Waals surface area (Å²) in [6.45, 7) is 6.16. The molecule has 1 saturated heterocycles. The molecule has 13 heavy (non-hydrogen) atoms. The van der Waals surface area contributed by atoms with Crippen molar-refractivity contribution in [3.63, 3.8) is 0 Å². The van der Waals surface area contributed by atoms with Crippen molar-refractivity contribution in [2.24, 2.45) is 23.2 Å². The summed E-state index contributed by atoms with van der Waals surface area (Å²) in [5.41, 5.74) is 0.800. The van der Waals surface area contributed by atoms with Crippen molar-refractivity contribution < 1.29 is 0 Å². The van der Waals surface area contributed by atoms with E-state index in [0.717, 1.165) is 23.3 Å². The zero-order valence-corrected chi connectivity index (χ0v) is 9.09. The van der Waals surface area contributed by atoms with Crippen LogP contribution in [0.25, 0.3) is 0 Å². The average Bonchev–Trinajstić information content (AvgIpc) is 2.57. The lowest BCUT2D eigenvalue weighted by atomic mass is 9.67. The molecule has 4 unspecified atom stereocenters. The Morgan fingerprint density at radius 1 is 1.31 bits per heavy atom. The summed E-state index contributed by atoms with van der Waals surface area (Å²) in [5.74, 6) is 3.17. The minimum atomic E-state index is 0.800. The van der Waals surface area contributed by atoms with Gasteiger partial charge in [-0.05, 0) is 49.5 Å². The van der Waals surface area contributed by atoms with Gasteiger partial charge in [-0.15, -0.1) is 0 Å². The van der Waals surface area contributed by atoms with Crippen LogP contribution in [0.1, 0.15) is 33.1 Å². The number of hydrogen-bond acceptors (Lipinski definition) is 1. The molecule has 1 heterocycles. The predicted molar refractivity (Wildman–Crippen MR) is 54.5 cm³/mol. The van der Waals surface area contributed by atoms with Crippen molar-refractivity contribution in [1.82, 2.24) is 4.90 Å². The molecule has 3 aliphatic rings. The fourth-order valence-corrected chi connectivity index (χ4v) is 4.15. The molecule has 3 rings (SSSR count). The summed E-state index contributed by atoms with van der Waals surface area (Å²) in [7, 11) is 2.33. The third-order valence-corrected chi connectivity index (χ3v) is 4.89. The smallest absolute Gasteiger partial charge is 0.0121 e. The van der Waals surface area contributed by atoms with Gasteiger partial charge in [0.15, 0.2) is 0 Å². The summed E-state index contributed by atoms with van der Waals surface area (Å²) in [6.07, 6.45) is 4.63. The molecule has 0 aromatic heterocycles. The van der Waals surface area contributed by atoms with E-state index < -0.39 is 0 Å². The van der Waals surface area contributed by atoms with E-state index in [1.165, 1.54) is 18.9 Å². The van der Waals surface area contributed by atoms with E-state index >= 15 is 0 Å². The molecule has 74 valence electrons. The second-order valence-electron chi connectivity index (χ2n) is 6.10. The maximum atomic E-state index is 2.62. The molecule has 0 amide bonds. The SMILES string of the molecule is CC(C)C1CC2(CC3CC32)CN1C. The average molecular weight is 179 g/mol. The molecule has 2 saturated carbocycles. The van der Waals surface area contributed by atoms with Gasteiger partial charge in [-0.3, -0.25) is 0 Å². The van der Waals surface area contributed by atoms with Crippen molar-refractivity contribution in [2.45, 2.75) is 39.2 Å². The lowest BCUT2D eigenvalue weighted by Gasteiger charge is -2.37. The third-order valence-electron chi connectivity index (χ3n) is 4.89. The van der Waals surface area contributed by atoms with Crippen molar-refractivity contribution in [3.8, 4) is 0 Å². The van der Waals surface area contributed by atoms with Gasteiger partial charge < -0.3 is 4.90 Å². The van der Waals surface area contributed by atoms with Gasteiger partial charge in [-0.1, -0.05) is 13.8 Å². The van der Waals surface area contributed by atoms with Gasteiger partial charge in [-0.25, -0.2) is 0 Å². The molecule has 1 heteroatoms. The Hall–Kier alpha value is -0.0400. The Kier molecular flexibility index (Phi) is 1.47. The maximum Gasteiger partial charge on any atom is 0.0121 e. The van der Waals surface area contributed by atoms with Crippen LogP contribution in [-0.4, -0.2) is 24.5 Å². The molecular weight excluding hydrogens is 158 g/mol. The van der Waals surface area contributed by atoms with E-state index in [-0.39, 0.29) is 0 Å². The zero-order valence-electron chi connectivity index (χ0n) is 9.09. The molecule has 0 radical (unpaired) electrons. The fraction of sp³-hybridized carbons (Fsp3) is 1.00. The van der Waals surface area contributed by atoms with E-state index in [1.807, 2.05) is 0 Å². The number of rotatable bonds is 1. The topological polar surface area (TPSA) is 3.24 Å². The van der Waals surface area contributed by atoms with Crippen LogP contribution in [0.5, 0.6) is 0 Å². The lowest BCUT2D eigenvalue weighted by Crippen LogP contribution is -2.35. The van der Waals surface area contributed by atoms with Gasteiger partial charge in [0, 0.05) is 12.6 Å². The minimum Gasteiger partial charge on any atom is -0.303 e. The molecule has 0 aromatic carbocycles. The van der Waals surface area contributed by atoms with Crippen LogP contribution in [0.3, 0.4) is 0 Å². The van der Waals surface area contributed by atoms with Crippen LogP contribution >= 0.6 is 0 Å². The van der Waals surface area contributed by atoms with E-state index in [2.05, 4.69) is 25.8 Å². The first-order valence-electron chi connectivity index (χ1n) is 5.83. The molecule has 0 bridgehead atoms. The number of hydrogen-bond donors (Lipinski definition) is 0. The number of fused-ring (bicyclic) bond motifs is 2. The molecule has 4 atom stereocenters. The van der Waals surface area contributed by atoms with Crippen LogP contribution in [-0.2, 0) is 0 Å². The zero-order chi connectivity index (χ0) is 9.22. The van der Waals surface area contributed by atoms with Gasteiger partial charge in [0.1, 0.15) is 0 Å². The Morgan fingerprint density at radius 2 is 2.08 bits per heavy atom. The number of likely N-dealkylation sites (tertiary alicyclic amines) is 1. The first kappa shape index (κ1) is 8.28. The first-order valence-corrected chi connectivity index (χ1v) is 5.83. The van der Waals surface area contributed by atoms with Crippen LogP contribution < -0.4 is 0 Å². The summed E-state index contributed by atoms with van der Waals surface area (Å²) >= 11 is 0. The molecule has 1 spiro atoms. The second-order valence-corrected chi connectivity index (χ2v) is 6.10. The first-order chi connectivity index (χ1) is 6.12. The highest BCUT2D eigenvalue weighted by Gasteiger charge is 2.66. The monoisotopic (exact) mass is 179 g/mol. The van der Waals surface area contributed by atoms with Crippen LogP contribution in [0.4, 0.5) is 0 Å². The molecule has 0 N–H and O–H groups in total. The van der Waals surface area contributed by atoms with E-state index in [0.29, 0.717) is 0 Å². The predicted octanol–water partition coefficient (Wildman–Crippen LogP) is 2.37. The Morgan fingerprint density at radius 3 is 2.46 bits per heavy atom. The van der Waals surface area contributed by atoms with Gasteiger partial charge in [0.05, 0.1) is 0 Å². The molecule has 3 fully saturated rings. The highest BCUT2D eigenvalue weighted by Crippen LogP contribution is 2.71. The van der Waals surface area contributed by atoms with Crippen molar-refractivity contribution in [1.29, 1.82) is 0 Å². The molecule has 1 aliphatic heterocycles. The highest BCUT2D eigenvalue weighted by molar-refractivity contribution is 5.16. The fourth-order valence-electron chi connectivity index (χ4n) is 4.15. The van der Waals surface area contributed by atoms with E-state index in [4.69, 9.17) is 0 Å². The lowest BCUT2D eigenvalue weighted by molar-refractivity contribution is 0.124. The highest BCUT2D eigenvalue weighted by atomic mass is 15.2. The largest absolute Gasteiger partial charge is 0.303 e. The Labute approximate surface area is 81.5 Å². The number of nitrogens with zero attached hydrogens (tertiary/aromatic N) is 1. The molecule has 0 aromatic rings. The standard InChI is InChI=1S/C12H21N/c1-8(2)11-6-12(7-13(11)3)5-9-4-10(9)12/h8-11H,4-7H2,1-3H3. The van der Waals surface area contributed by atoms with E-state index in [1.54, 1.807) is 12.8 Å². The maximum absolute atomic E-state index is 2.62. The van der Waals surface area contributed by atoms with E-state index in [9.17, 15) is 0 Å². The van der Waals surface area contributed by atoms with Crippen LogP contribution in [0.15, 0.2) is 0 Å². The second kappa shape index (κ2) is 2.31. The molecule has 1 nitrogen and oxygen atoms in total. The van der Waals surface area contributed by atoms with Gasteiger partial charge in [0.2, 0.25) is 0 Å². The Balaban J connectivity index is 1.75. The summed E-state index contributed by atoms with van der Waals surface area (Å²) in [5, 5.41) is 0. The van der Waals surface area contributed by atoms with Crippen LogP contribution in [0, 0.1) is 23.2 Å².